The van der Waals surface area contributed by atoms with Crippen molar-refractivity contribution in [2.45, 2.75) is 40.0 Å². The molecule has 0 bridgehead atoms. The number of nitrogens with one attached hydrogen (secondary N) is 1. The van der Waals surface area contributed by atoms with Crippen LogP contribution in [0.4, 0.5) is 5.69 Å². The Morgan fingerprint density at radius 3 is 2.64 bits per heavy atom. The van der Waals surface area contributed by atoms with E-state index in [0.29, 0.717) is 30.2 Å². The summed E-state index contributed by atoms with van der Waals surface area (Å²) in [7, 11) is 1.61. The smallest absolute Gasteiger partial charge is 0.228 e. The average molecular weight is 341 g/mol. The molecule has 0 aliphatic rings. The van der Waals surface area contributed by atoms with Crippen molar-refractivity contribution in [3.8, 4) is 11.5 Å². The topological polar surface area (TPSA) is 47.6 Å². The molecule has 4 heteroatoms. The van der Waals surface area contributed by atoms with Crippen LogP contribution in [-0.4, -0.2) is 19.6 Å². The summed E-state index contributed by atoms with van der Waals surface area (Å²) in [4.78, 5) is 12.5. The van der Waals surface area contributed by atoms with Gasteiger partial charge in [-0.2, -0.15) is 0 Å². The second-order valence-corrected chi connectivity index (χ2v) is 6.22. The minimum absolute atomic E-state index is 0.0673. The van der Waals surface area contributed by atoms with E-state index in [1.807, 2.05) is 32.0 Å². The van der Waals surface area contributed by atoms with Crippen LogP contribution in [0.25, 0.3) is 0 Å². The second-order valence-electron chi connectivity index (χ2n) is 6.22. The van der Waals surface area contributed by atoms with Gasteiger partial charge in [-0.25, -0.2) is 0 Å². The molecule has 4 nitrogen and oxygen atoms in total. The Balaban J connectivity index is 2.13. The fourth-order valence-corrected chi connectivity index (χ4v) is 2.54. The van der Waals surface area contributed by atoms with E-state index in [4.69, 9.17) is 9.47 Å². The quantitative estimate of drug-likeness (QED) is 0.710. The molecule has 2 aromatic rings. The third kappa shape index (κ3) is 5.52. The molecule has 0 saturated carbocycles. The Hall–Kier alpha value is -2.49. The standard InChI is InChI=1S/C21H27NO3/c1-5-6-11-25-20-10-9-18(24-4)14-19(20)22-21(23)13-17-12-15(2)7-8-16(17)3/h7-10,12,14H,5-6,11,13H2,1-4H3,(H,22,23). The number of hydrogen-bond donors (Lipinski definition) is 1. The van der Waals surface area contributed by atoms with E-state index in [0.717, 1.165) is 29.5 Å². The lowest BCUT2D eigenvalue weighted by Crippen LogP contribution is -2.16. The number of unbranched alkanes of at least 4 members (excludes halogenated alkanes) is 1. The molecule has 0 aliphatic carbocycles. The van der Waals surface area contributed by atoms with Gasteiger partial charge >= 0.3 is 0 Å². The van der Waals surface area contributed by atoms with Gasteiger partial charge in [0.2, 0.25) is 5.91 Å². The summed E-state index contributed by atoms with van der Waals surface area (Å²) >= 11 is 0. The maximum Gasteiger partial charge on any atom is 0.228 e. The lowest BCUT2D eigenvalue weighted by atomic mass is 10.0. The summed E-state index contributed by atoms with van der Waals surface area (Å²) in [5, 5.41) is 2.96. The molecule has 0 unspecified atom stereocenters. The fourth-order valence-electron chi connectivity index (χ4n) is 2.54. The zero-order valence-electron chi connectivity index (χ0n) is 15.5. The number of methoxy groups -OCH3 is 1. The third-order valence-corrected chi connectivity index (χ3v) is 4.07. The maximum atomic E-state index is 12.5. The number of ether oxygens (including phenoxy) is 2. The number of aryl methyl sites for hydroxylation is 2. The van der Waals surface area contributed by atoms with Crippen LogP contribution < -0.4 is 14.8 Å². The highest BCUT2D eigenvalue weighted by Crippen LogP contribution is 2.29. The summed E-state index contributed by atoms with van der Waals surface area (Å²) in [5.74, 6) is 1.29. The molecule has 0 aliphatic heterocycles. The first-order valence-corrected chi connectivity index (χ1v) is 8.70. The van der Waals surface area contributed by atoms with E-state index in [2.05, 4.69) is 24.4 Å². The molecular weight excluding hydrogens is 314 g/mol. The van der Waals surface area contributed by atoms with Crippen LogP contribution in [0.1, 0.15) is 36.5 Å². The lowest BCUT2D eigenvalue weighted by molar-refractivity contribution is -0.115. The fraction of sp³-hybridized carbons (Fsp3) is 0.381. The largest absolute Gasteiger partial charge is 0.497 e. The SMILES string of the molecule is CCCCOc1ccc(OC)cc1NC(=O)Cc1cc(C)ccc1C. The Kier molecular flexibility index (Phi) is 6.87. The molecule has 2 rings (SSSR count). The second kappa shape index (κ2) is 9.11. The Labute approximate surface area is 150 Å². The molecule has 0 radical (unpaired) electrons. The number of amides is 1. The van der Waals surface area contributed by atoms with E-state index in [1.54, 1.807) is 13.2 Å². The Bertz CT molecular complexity index is 725. The van der Waals surface area contributed by atoms with Crippen molar-refractivity contribution in [1.82, 2.24) is 0 Å². The number of carbonyl (C=O) groups excluding carboxylic acids is 1. The highest BCUT2D eigenvalue weighted by atomic mass is 16.5. The van der Waals surface area contributed by atoms with Crippen molar-refractivity contribution in [3.63, 3.8) is 0 Å². The molecule has 1 amide bonds. The third-order valence-electron chi connectivity index (χ3n) is 4.07. The number of rotatable bonds is 8. The van der Waals surface area contributed by atoms with Crippen LogP contribution >= 0.6 is 0 Å². The molecule has 2 aromatic carbocycles. The van der Waals surface area contributed by atoms with Crippen LogP contribution in [0, 0.1) is 13.8 Å². The van der Waals surface area contributed by atoms with Crippen LogP contribution in [0.5, 0.6) is 11.5 Å². The molecule has 0 saturated heterocycles. The minimum atomic E-state index is -0.0673. The molecule has 0 atom stereocenters. The van der Waals surface area contributed by atoms with E-state index in [-0.39, 0.29) is 5.91 Å². The van der Waals surface area contributed by atoms with Crippen molar-refractivity contribution < 1.29 is 14.3 Å². The van der Waals surface area contributed by atoms with Gasteiger partial charge < -0.3 is 14.8 Å². The molecule has 134 valence electrons. The molecule has 25 heavy (non-hydrogen) atoms. The Morgan fingerprint density at radius 2 is 1.92 bits per heavy atom. The summed E-state index contributed by atoms with van der Waals surface area (Å²) in [5.41, 5.74) is 3.95. The first-order chi connectivity index (χ1) is 12.0. The molecule has 0 spiro atoms. The molecular formula is C21H27NO3. The van der Waals surface area contributed by atoms with Gasteiger partial charge in [-0.15, -0.1) is 0 Å². The highest BCUT2D eigenvalue weighted by Gasteiger charge is 2.12. The van der Waals surface area contributed by atoms with Crippen molar-refractivity contribution >= 4 is 11.6 Å². The van der Waals surface area contributed by atoms with Gasteiger partial charge in [0, 0.05) is 6.07 Å². The van der Waals surface area contributed by atoms with E-state index < -0.39 is 0 Å². The minimum Gasteiger partial charge on any atom is -0.497 e. The van der Waals surface area contributed by atoms with Gasteiger partial charge in [0.1, 0.15) is 11.5 Å². The average Bonchev–Trinajstić information content (AvgIpc) is 2.59. The molecule has 0 fully saturated rings. The number of anilines is 1. The number of hydrogen-bond acceptors (Lipinski definition) is 3. The number of benzene rings is 2. The normalized spacial score (nSPS) is 10.4. The predicted molar refractivity (Wildman–Crippen MR) is 102 cm³/mol. The van der Waals surface area contributed by atoms with Gasteiger partial charge in [-0.3, -0.25) is 4.79 Å². The van der Waals surface area contributed by atoms with Gasteiger partial charge in [0.15, 0.2) is 0 Å². The number of carbonyl (C=O) groups is 1. The van der Waals surface area contributed by atoms with Gasteiger partial charge in [-0.05, 0) is 43.5 Å². The van der Waals surface area contributed by atoms with Crippen molar-refractivity contribution in [2.75, 3.05) is 19.0 Å². The summed E-state index contributed by atoms with van der Waals surface area (Å²) in [6.45, 7) is 6.79. The van der Waals surface area contributed by atoms with Gasteiger partial charge in [-0.1, -0.05) is 37.1 Å². The van der Waals surface area contributed by atoms with Crippen LogP contribution in [-0.2, 0) is 11.2 Å². The summed E-state index contributed by atoms with van der Waals surface area (Å²) in [6.07, 6.45) is 2.37. The van der Waals surface area contributed by atoms with Crippen LogP contribution in [0.3, 0.4) is 0 Å². The van der Waals surface area contributed by atoms with E-state index >= 15 is 0 Å². The molecule has 0 heterocycles. The highest BCUT2D eigenvalue weighted by molar-refractivity contribution is 5.94. The zero-order valence-corrected chi connectivity index (χ0v) is 15.5. The van der Waals surface area contributed by atoms with Gasteiger partial charge in [0.05, 0.1) is 25.8 Å². The van der Waals surface area contributed by atoms with Crippen LogP contribution in [0.2, 0.25) is 0 Å². The first-order valence-electron chi connectivity index (χ1n) is 8.70. The van der Waals surface area contributed by atoms with Crippen molar-refractivity contribution in [1.29, 1.82) is 0 Å². The molecule has 0 aromatic heterocycles. The summed E-state index contributed by atoms with van der Waals surface area (Å²) in [6, 6.07) is 11.6. The Morgan fingerprint density at radius 1 is 1.12 bits per heavy atom. The maximum absolute atomic E-state index is 12.5. The molecule has 1 N–H and O–H groups in total. The zero-order chi connectivity index (χ0) is 18.2. The summed E-state index contributed by atoms with van der Waals surface area (Å²) < 4.78 is 11.1. The van der Waals surface area contributed by atoms with Crippen molar-refractivity contribution in [2.24, 2.45) is 0 Å². The lowest BCUT2D eigenvalue weighted by Gasteiger charge is -2.14. The predicted octanol–water partition coefficient (Wildman–Crippen LogP) is 4.67. The van der Waals surface area contributed by atoms with Crippen molar-refractivity contribution in [3.05, 3.63) is 53.1 Å². The first kappa shape index (κ1) is 18.8. The van der Waals surface area contributed by atoms with Crippen LogP contribution in [0.15, 0.2) is 36.4 Å². The monoisotopic (exact) mass is 341 g/mol. The van der Waals surface area contributed by atoms with E-state index in [1.165, 1.54) is 0 Å². The van der Waals surface area contributed by atoms with E-state index in [9.17, 15) is 4.79 Å². The van der Waals surface area contributed by atoms with Gasteiger partial charge in [0.25, 0.3) is 0 Å².